The number of carbonyl (C=O) groups is 1. The Labute approximate surface area is 233 Å². The molecule has 1 aromatic carbocycles. The van der Waals surface area contributed by atoms with Crippen LogP contribution in [0.1, 0.15) is 75.1 Å². The predicted molar refractivity (Wildman–Crippen MR) is 155 cm³/mol. The minimum absolute atomic E-state index is 0.0297. The normalized spacial score (nSPS) is 12.1. The molecule has 0 fully saturated rings. The minimum Gasteiger partial charge on any atom is -0.480 e. The molecule has 0 saturated carbocycles. The largest absolute Gasteiger partial charge is 0.480 e. The molecule has 0 aliphatic rings. The lowest BCUT2D eigenvalue weighted by molar-refractivity contribution is -0.138. The van der Waals surface area contributed by atoms with Crippen molar-refractivity contribution in [1.82, 2.24) is 28.9 Å². The van der Waals surface area contributed by atoms with Crippen molar-refractivity contribution in [2.75, 3.05) is 13.1 Å². The molecule has 39 heavy (non-hydrogen) atoms. The molecule has 214 valence electrons. The van der Waals surface area contributed by atoms with Gasteiger partial charge in [-0.1, -0.05) is 51.0 Å². The third kappa shape index (κ3) is 9.91. The third-order valence-corrected chi connectivity index (χ3v) is 7.41. The number of nitrogens with zero attached hydrogens (tertiary/aromatic N) is 6. The second-order valence-electron chi connectivity index (χ2n) is 10.9. The van der Waals surface area contributed by atoms with Crippen LogP contribution in [0.4, 0.5) is 0 Å². The summed E-state index contributed by atoms with van der Waals surface area (Å²) < 4.78 is 4.09. The van der Waals surface area contributed by atoms with Crippen molar-refractivity contribution in [1.29, 1.82) is 0 Å². The summed E-state index contributed by atoms with van der Waals surface area (Å²) in [6.45, 7) is 7.89. The van der Waals surface area contributed by atoms with Gasteiger partial charge in [0, 0.05) is 57.5 Å². The molecule has 0 bridgehead atoms. The molecule has 2 aromatic heterocycles. The molecule has 0 amide bonds. The molecule has 9 heteroatoms. The number of carboxylic acid groups (broad SMARTS) is 1. The highest BCUT2D eigenvalue weighted by Crippen LogP contribution is 2.23. The van der Waals surface area contributed by atoms with Crippen LogP contribution in [0.25, 0.3) is 0 Å². The molecule has 0 unspecified atom stereocenters. The average molecular weight is 538 g/mol. The highest BCUT2D eigenvalue weighted by molar-refractivity contribution is 5.69. The molecule has 0 saturated heterocycles. The first-order chi connectivity index (χ1) is 18.7. The van der Waals surface area contributed by atoms with Gasteiger partial charge in [-0.15, -0.1) is 0 Å². The van der Waals surface area contributed by atoms with E-state index < -0.39 is 5.97 Å². The molecule has 0 radical (unpaired) electrons. The molecule has 9 nitrogen and oxygen atoms in total. The molecule has 0 aliphatic heterocycles. The third-order valence-electron chi connectivity index (χ3n) is 7.41. The fraction of sp³-hybridized carbons (Fsp3) is 0.567. The summed E-state index contributed by atoms with van der Waals surface area (Å²) >= 11 is 0. The monoisotopic (exact) mass is 537 g/mol. The molecule has 3 N–H and O–H groups in total. The van der Waals surface area contributed by atoms with Crippen LogP contribution >= 0.6 is 0 Å². The lowest BCUT2D eigenvalue weighted by Gasteiger charge is -2.30. The summed E-state index contributed by atoms with van der Waals surface area (Å²) in [7, 11) is 4.03. The van der Waals surface area contributed by atoms with E-state index in [2.05, 4.69) is 53.0 Å². The van der Waals surface area contributed by atoms with Crippen LogP contribution in [0.2, 0.25) is 0 Å². The number of hydrogen-bond acceptors (Lipinski definition) is 6. The molecule has 3 aromatic rings. The van der Waals surface area contributed by atoms with E-state index >= 15 is 0 Å². The summed E-state index contributed by atoms with van der Waals surface area (Å²) in [5, 5.41) is 9.50. The van der Waals surface area contributed by atoms with Gasteiger partial charge >= 0.3 is 5.97 Å². The van der Waals surface area contributed by atoms with E-state index in [9.17, 15) is 9.90 Å². The fourth-order valence-electron chi connectivity index (χ4n) is 5.36. The number of benzene rings is 1. The van der Waals surface area contributed by atoms with Crippen molar-refractivity contribution < 1.29 is 9.90 Å². The summed E-state index contributed by atoms with van der Waals surface area (Å²) in [4.78, 5) is 24.9. The van der Waals surface area contributed by atoms with Crippen LogP contribution in [0.15, 0.2) is 49.1 Å². The Morgan fingerprint density at radius 2 is 1.33 bits per heavy atom. The van der Waals surface area contributed by atoms with Gasteiger partial charge in [0.1, 0.15) is 11.6 Å². The number of hydrogen-bond donors (Lipinski definition) is 2. The van der Waals surface area contributed by atoms with E-state index in [1.165, 1.54) is 5.56 Å². The maximum Gasteiger partial charge on any atom is 0.317 e. The number of carboxylic acids is 1. The molecular weight excluding hydrogens is 490 g/mol. The van der Waals surface area contributed by atoms with Crippen molar-refractivity contribution in [3.63, 3.8) is 0 Å². The maximum atomic E-state index is 11.6. The number of rotatable bonds is 18. The predicted octanol–water partition coefficient (Wildman–Crippen LogP) is 4.32. The van der Waals surface area contributed by atoms with Crippen LogP contribution in [-0.2, 0) is 45.1 Å². The highest BCUT2D eigenvalue weighted by atomic mass is 16.4. The minimum atomic E-state index is -0.799. The van der Waals surface area contributed by atoms with Gasteiger partial charge in [-0.05, 0) is 43.4 Å². The number of nitrogens with two attached hydrogens (primary N) is 1. The van der Waals surface area contributed by atoms with Crippen molar-refractivity contribution in [2.24, 2.45) is 19.8 Å². The van der Waals surface area contributed by atoms with Gasteiger partial charge in [0.25, 0.3) is 0 Å². The molecule has 0 spiro atoms. The summed E-state index contributed by atoms with van der Waals surface area (Å²) in [5.74, 6) is 1.21. The van der Waals surface area contributed by atoms with E-state index in [4.69, 9.17) is 5.73 Å². The van der Waals surface area contributed by atoms with E-state index in [0.29, 0.717) is 19.6 Å². The Bertz CT molecular complexity index is 1090. The fourth-order valence-corrected chi connectivity index (χ4v) is 5.36. The quantitative estimate of drug-likeness (QED) is 0.249. The van der Waals surface area contributed by atoms with Crippen molar-refractivity contribution in [3.05, 3.63) is 71.8 Å². The molecule has 0 aliphatic carbocycles. The molecular formula is C30H47N7O2. The highest BCUT2D eigenvalue weighted by Gasteiger charge is 2.23. The Hall–Kier alpha value is -3.01. The van der Waals surface area contributed by atoms with Crippen molar-refractivity contribution in [3.8, 4) is 0 Å². The Morgan fingerprint density at radius 3 is 1.74 bits per heavy atom. The van der Waals surface area contributed by atoms with Crippen molar-refractivity contribution >= 4 is 5.97 Å². The summed E-state index contributed by atoms with van der Waals surface area (Å²) in [6.07, 6.45) is 13.6. The van der Waals surface area contributed by atoms with Crippen LogP contribution < -0.4 is 5.73 Å². The van der Waals surface area contributed by atoms with Crippen molar-refractivity contribution in [2.45, 2.75) is 84.1 Å². The smallest absolute Gasteiger partial charge is 0.317 e. The number of aromatic nitrogens is 4. The Kier molecular flexibility index (Phi) is 11.7. The van der Waals surface area contributed by atoms with Crippen LogP contribution in [-0.4, -0.2) is 58.6 Å². The average Bonchev–Trinajstić information content (AvgIpc) is 3.47. The SMILES string of the molecule is CCCC(N)(CCC)CCCN(CC(=O)O)Cc1ccc(CN(Cc2nccn2C)Cc2nccn2C)cc1. The van der Waals surface area contributed by atoms with E-state index in [1.54, 1.807) is 0 Å². The Balaban J connectivity index is 1.63. The number of aliphatic carboxylic acids is 1. The summed E-state index contributed by atoms with van der Waals surface area (Å²) in [5.41, 5.74) is 8.83. The van der Waals surface area contributed by atoms with Gasteiger partial charge in [-0.25, -0.2) is 9.97 Å². The van der Waals surface area contributed by atoms with E-state index in [0.717, 1.165) is 68.8 Å². The zero-order valence-electron chi connectivity index (χ0n) is 24.2. The van der Waals surface area contributed by atoms with E-state index in [-0.39, 0.29) is 12.1 Å². The number of imidazole rings is 2. The number of aryl methyl sites for hydroxylation is 2. The maximum absolute atomic E-state index is 11.6. The summed E-state index contributed by atoms with van der Waals surface area (Å²) in [6, 6.07) is 8.52. The van der Waals surface area contributed by atoms with Gasteiger partial charge in [-0.2, -0.15) is 0 Å². The zero-order valence-corrected chi connectivity index (χ0v) is 24.2. The second kappa shape index (κ2) is 15.0. The zero-order chi connectivity index (χ0) is 28.3. The van der Waals surface area contributed by atoms with Gasteiger partial charge < -0.3 is 20.0 Å². The first kappa shape index (κ1) is 30.5. The van der Waals surface area contributed by atoms with Crippen LogP contribution in [0, 0.1) is 0 Å². The second-order valence-corrected chi connectivity index (χ2v) is 10.9. The van der Waals surface area contributed by atoms with Crippen LogP contribution in [0.5, 0.6) is 0 Å². The lowest BCUT2D eigenvalue weighted by Crippen LogP contribution is -2.40. The molecule has 2 heterocycles. The first-order valence-electron chi connectivity index (χ1n) is 14.2. The van der Waals surface area contributed by atoms with Gasteiger partial charge in [0.05, 0.1) is 19.6 Å². The van der Waals surface area contributed by atoms with E-state index in [1.807, 2.05) is 52.9 Å². The lowest BCUT2D eigenvalue weighted by atomic mass is 9.85. The van der Waals surface area contributed by atoms with Crippen LogP contribution in [0.3, 0.4) is 0 Å². The first-order valence-corrected chi connectivity index (χ1v) is 14.2. The topological polar surface area (TPSA) is 105 Å². The molecule has 3 rings (SSSR count). The molecule has 0 atom stereocenters. The standard InChI is InChI=1S/C30H47N7O2/c1-5-12-30(31,13-6-2)14-7-17-36(24-29(38)39)20-25-8-10-26(11-9-25)21-37(22-27-32-15-18-34(27)3)23-28-33-16-19-35(28)4/h8-11,15-16,18-19H,5-7,12-14,17,20-24,31H2,1-4H3,(H,38,39). The Morgan fingerprint density at radius 1 is 0.846 bits per heavy atom. The van der Waals surface area contributed by atoms with Gasteiger partial charge in [0.15, 0.2) is 0 Å². The van der Waals surface area contributed by atoms with Gasteiger partial charge in [-0.3, -0.25) is 14.6 Å². The van der Waals surface area contributed by atoms with Gasteiger partial charge in [0.2, 0.25) is 0 Å².